The molecule has 0 bridgehead atoms. The Balaban J connectivity index is 1.45. The first-order valence-corrected chi connectivity index (χ1v) is 12.9. The fourth-order valence-electron chi connectivity index (χ4n) is 4.65. The smallest absolute Gasteiger partial charge is 0.332 e. The number of hydrogen-bond acceptors (Lipinski definition) is 5. The Morgan fingerprint density at radius 1 is 1.05 bits per heavy atom. The number of piperazine rings is 1. The number of imidazole rings is 1. The van der Waals surface area contributed by atoms with Crippen molar-refractivity contribution in [2.75, 3.05) is 36.4 Å². The number of halogens is 2. The van der Waals surface area contributed by atoms with E-state index in [1.165, 1.54) is 23.7 Å². The van der Waals surface area contributed by atoms with Crippen molar-refractivity contribution in [3.05, 3.63) is 85.3 Å². The van der Waals surface area contributed by atoms with Gasteiger partial charge in [0.15, 0.2) is 16.3 Å². The van der Waals surface area contributed by atoms with Crippen molar-refractivity contribution in [1.82, 2.24) is 23.6 Å². The number of hydrogen-bond donors (Lipinski definition) is 1. The largest absolute Gasteiger partial charge is 0.345 e. The highest BCUT2D eigenvalue weighted by Gasteiger charge is 2.26. The summed E-state index contributed by atoms with van der Waals surface area (Å²) in [6.07, 6.45) is 0. The lowest BCUT2D eigenvalue weighted by atomic mass is 10.2. The van der Waals surface area contributed by atoms with Gasteiger partial charge in [-0.1, -0.05) is 29.8 Å². The van der Waals surface area contributed by atoms with E-state index in [9.17, 15) is 14.0 Å². The summed E-state index contributed by atoms with van der Waals surface area (Å²) in [5.41, 5.74) is 2.36. The molecule has 0 radical (unpaired) electrons. The number of aromatic nitrogens is 4. The minimum absolute atomic E-state index is 0.299. The van der Waals surface area contributed by atoms with Crippen LogP contribution in [0, 0.1) is 12.7 Å². The van der Waals surface area contributed by atoms with Gasteiger partial charge in [0.2, 0.25) is 5.95 Å². The Kier molecular flexibility index (Phi) is 6.97. The zero-order valence-corrected chi connectivity index (χ0v) is 22.8. The highest BCUT2D eigenvalue weighted by Crippen LogP contribution is 2.25. The van der Waals surface area contributed by atoms with Crippen molar-refractivity contribution >= 4 is 51.7 Å². The fraction of sp³-hybridized carbons (Fsp3) is 0.308. The molecule has 3 heterocycles. The molecule has 2 aromatic carbocycles. The second-order valence-electron chi connectivity index (χ2n) is 9.32. The topological polar surface area (TPSA) is 80.3 Å². The lowest BCUT2D eigenvalue weighted by Crippen LogP contribution is -2.50. The number of aryl methyl sites for hydroxylation is 1. The molecule has 9 nitrogen and oxygen atoms in total. The van der Waals surface area contributed by atoms with Crippen LogP contribution < -0.4 is 21.5 Å². The molecule has 4 aromatic rings. The second kappa shape index (κ2) is 10.2. The Morgan fingerprint density at radius 2 is 1.74 bits per heavy atom. The van der Waals surface area contributed by atoms with Crippen molar-refractivity contribution in [3.8, 4) is 0 Å². The molecule has 0 saturated carbocycles. The maximum absolute atomic E-state index is 13.5. The third kappa shape index (κ3) is 4.67. The average molecular weight is 556 g/mol. The molecular weight excluding hydrogens is 529 g/mol. The number of nitrogens with one attached hydrogen (secondary N) is 1. The van der Waals surface area contributed by atoms with Gasteiger partial charge in [-0.05, 0) is 54.5 Å². The molecule has 1 saturated heterocycles. The molecule has 1 N–H and O–H groups in total. The van der Waals surface area contributed by atoms with Gasteiger partial charge >= 0.3 is 5.69 Å². The summed E-state index contributed by atoms with van der Waals surface area (Å²) in [7, 11) is 3.05. The first-order chi connectivity index (χ1) is 18.2. The van der Waals surface area contributed by atoms with E-state index in [2.05, 4.69) is 15.1 Å². The van der Waals surface area contributed by atoms with Gasteiger partial charge in [-0.15, -0.1) is 0 Å². The lowest BCUT2D eigenvalue weighted by molar-refractivity contribution is 0.386. The van der Waals surface area contributed by atoms with E-state index in [1.54, 1.807) is 19.2 Å². The summed E-state index contributed by atoms with van der Waals surface area (Å²) < 4.78 is 17.8. The molecule has 0 aliphatic carbocycles. The van der Waals surface area contributed by atoms with Gasteiger partial charge in [0, 0.05) is 51.0 Å². The molecule has 198 valence electrons. The number of rotatable bonds is 4. The van der Waals surface area contributed by atoms with Crippen LogP contribution in [0.1, 0.15) is 11.1 Å². The van der Waals surface area contributed by atoms with Gasteiger partial charge in [0.05, 0.1) is 6.54 Å². The Hall–Kier alpha value is -3.70. The molecule has 0 spiro atoms. The highest BCUT2D eigenvalue weighted by atomic mass is 35.5. The van der Waals surface area contributed by atoms with E-state index in [1.807, 2.05) is 29.7 Å². The number of thiocarbonyl (C=S) groups is 1. The molecule has 2 aromatic heterocycles. The summed E-state index contributed by atoms with van der Waals surface area (Å²) in [5.74, 6) is 0.239. The molecule has 38 heavy (non-hydrogen) atoms. The van der Waals surface area contributed by atoms with Crippen LogP contribution >= 0.6 is 23.8 Å². The summed E-state index contributed by atoms with van der Waals surface area (Å²) in [5, 5.41) is 4.57. The van der Waals surface area contributed by atoms with Crippen LogP contribution in [0.2, 0.25) is 5.02 Å². The zero-order chi connectivity index (χ0) is 27.1. The van der Waals surface area contributed by atoms with E-state index < -0.39 is 11.2 Å². The normalized spacial score (nSPS) is 13.8. The van der Waals surface area contributed by atoms with E-state index in [0.29, 0.717) is 60.0 Å². The van der Waals surface area contributed by atoms with Crippen LogP contribution in [0.15, 0.2) is 52.1 Å². The molecular formula is C26H27ClFN7O2S. The number of fused-ring (bicyclic) bond motifs is 1. The van der Waals surface area contributed by atoms with E-state index in [-0.39, 0.29) is 5.82 Å². The maximum atomic E-state index is 13.5. The molecule has 1 aliphatic heterocycles. The van der Waals surface area contributed by atoms with E-state index >= 15 is 0 Å². The van der Waals surface area contributed by atoms with Crippen LogP contribution in [0.25, 0.3) is 11.2 Å². The van der Waals surface area contributed by atoms with Crippen LogP contribution in [-0.2, 0) is 20.6 Å². The predicted octanol–water partition coefficient (Wildman–Crippen LogP) is 3.10. The second-order valence-corrected chi connectivity index (χ2v) is 10.1. The van der Waals surface area contributed by atoms with Gasteiger partial charge in [0.1, 0.15) is 5.82 Å². The van der Waals surface area contributed by atoms with Crippen molar-refractivity contribution in [2.24, 2.45) is 14.1 Å². The van der Waals surface area contributed by atoms with Gasteiger partial charge < -0.3 is 15.1 Å². The number of anilines is 2. The summed E-state index contributed by atoms with van der Waals surface area (Å²) >= 11 is 11.9. The molecule has 1 aliphatic rings. The lowest BCUT2D eigenvalue weighted by Gasteiger charge is -2.37. The highest BCUT2D eigenvalue weighted by molar-refractivity contribution is 7.80. The zero-order valence-electron chi connectivity index (χ0n) is 21.2. The van der Waals surface area contributed by atoms with Crippen molar-refractivity contribution in [2.45, 2.75) is 13.5 Å². The molecule has 12 heteroatoms. The first-order valence-electron chi connectivity index (χ1n) is 12.1. The van der Waals surface area contributed by atoms with Crippen LogP contribution in [0.3, 0.4) is 0 Å². The van der Waals surface area contributed by atoms with Gasteiger partial charge in [-0.25, -0.2) is 9.18 Å². The molecule has 0 unspecified atom stereocenters. The monoisotopic (exact) mass is 555 g/mol. The van der Waals surface area contributed by atoms with Crippen molar-refractivity contribution in [1.29, 1.82) is 0 Å². The van der Waals surface area contributed by atoms with E-state index in [4.69, 9.17) is 28.8 Å². The van der Waals surface area contributed by atoms with Gasteiger partial charge in [-0.3, -0.25) is 18.5 Å². The summed E-state index contributed by atoms with van der Waals surface area (Å²) in [6.45, 7) is 4.68. The van der Waals surface area contributed by atoms with Crippen LogP contribution in [-0.4, -0.2) is 54.9 Å². The van der Waals surface area contributed by atoms with E-state index in [0.717, 1.165) is 21.4 Å². The Morgan fingerprint density at radius 3 is 2.42 bits per heavy atom. The third-order valence-corrected chi connectivity index (χ3v) is 7.71. The minimum atomic E-state index is -0.446. The predicted molar refractivity (Wildman–Crippen MR) is 152 cm³/mol. The first kappa shape index (κ1) is 25.9. The van der Waals surface area contributed by atoms with Crippen molar-refractivity contribution in [3.63, 3.8) is 0 Å². The van der Waals surface area contributed by atoms with Crippen LogP contribution in [0.4, 0.5) is 16.0 Å². The standard InChI is InChI=1S/C26H27ClFN7O2S/c1-16-19(27)5-4-6-20(16)29-25(38)34-13-11-33(12-14-34)24-30-22-21(23(36)32(3)26(37)31(22)2)35(24)15-17-7-9-18(28)10-8-17/h4-10H,11-15H2,1-3H3,(H,29,38). The minimum Gasteiger partial charge on any atom is -0.345 e. The molecule has 0 atom stereocenters. The van der Waals surface area contributed by atoms with Gasteiger partial charge in [0.25, 0.3) is 5.56 Å². The number of nitrogens with zero attached hydrogens (tertiary/aromatic N) is 6. The quantitative estimate of drug-likeness (QED) is 0.388. The third-order valence-electron chi connectivity index (χ3n) is 6.94. The summed E-state index contributed by atoms with van der Waals surface area (Å²) in [6, 6.07) is 11.8. The van der Waals surface area contributed by atoms with Crippen molar-refractivity contribution < 1.29 is 4.39 Å². The molecule has 1 fully saturated rings. The fourth-order valence-corrected chi connectivity index (χ4v) is 5.11. The maximum Gasteiger partial charge on any atom is 0.332 e. The van der Waals surface area contributed by atoms with Crippen LogP contribution in [0.5, 0.6) is 0 Å². The van der Waals surface area contributed by atoms with Gasteiger partial charge in [-0.2, -0.15) is 4.98 Å². The Labute approximate surface area is 228 Å². The molecule has 5 rings (SSSR count). The Bertz CT molecular complexity index is 1650. The SMILES string of the molecule is Cc1c(Cl)cccc1NC(=S)N1CCN(c2nc3c(c(=O)n(C)c(=O)n3C)n2Cc2ccc(F)cc2)CC1. The average Bonchev–Trinajstić information content (AvgIpc) is 3.29. The number of benzene rings is 2. The summed E-state index contributed by atoms with van der Waals surface area (Å²) in [4.78, 5) is 34.7. The molecule has 0 amide bonds.